The molecule has 0 aliphatic carbocycles. The Bertz CT molecular complexity index is 570. The van der Waals surface area contributed by atoms with Crippen LogP contribution in [0.3, 0.4) is 0 Å². The molecule has 0 saturated carbocycles. The van der Waals surface area contributed by atoms with Crippen molar-refractivity contribution in [1.82, 2.24) is 4.98 Å². The summed E-state index contributed by atoms with van der Waals surface area (Å²) in [6, 6.07) is 7.00. The average Bonchev–Trinajstić information content (AvgIpc) is 2.74. The molecule has 0 saturated heterocycles. The molecule has 1 amide bonds. The standard InChI is InChI=1S/C12H12ClN3OS/c1-7-4-2-3-5-8(7)16-10(11(14)17)12-15-6-9(13)18-12/h2-6,10,16H,1H3,(H2,14,17). The molecular weight excluding hydrogens is 270 g/mol. The lowest BCUT2D eigenvalue weighted by atomic mass is 10.2. The number of nitrogens with one attached hydrogen (secondary N) is 1. The lowest BCUT2D eigenvalue weighted by Gasteiger charge is -2.15. The molecule has 18 heavy (non-hydrogen) atoms. The molecule has 2 rings (SSSR count). The van der Waals surface area contributed by atoms with Crippen LogP contribution in [0.25, 0.3) is 0 Å². The Hall–Kier alpha value is -1.59. The smallest absolute Gasteiger partial charge is 0.247 e. The van der Waals surface area contributed by atoms with Crippen LogP contribution in [0, 0.1) is 6.92 Å². The van der Waals surface area contributed by atoms with Gasteiger partial charge in [-0.05, 0) is 18.6 Å². The molecule has 2 aromatic rings. The Balaban J connectivity index is 2.28. The molecule has 0 bridgehead atoms. The van der Waals surface area contributed by atoms with E-state index in [1.54, 1.807) is 0 Å². The predicted octanol–water partition coefficient (Wildman–Crippen LogP) is 2.74. The number of benzene rings is 1. The molecule has 1 unspecified atom stereocenters. The summed E-state index contributed by atoms with van der Waals surface area (Å²) >= 11 is 7.06. The fraction of sp³-hybridized carbons (Fsp3) is 0.167. The Morgan fingerprint density at radius 1 is 1.50 bits per heavy atom. The molecule has 94 valence electrons. The summed E-state index contributed by atoms with van der Waals surface area (Å²) in [5.74, 6) is -0.482. The number of hydrogen-bond donors (Lipinski definition) is 2. The highest BCUT2D eigenvalue weighted by atomic mass is 35.5. The lowest BCUT2D eigenvalue weighted by Crippen LogP contribution is -2.27. The number of aryl methyl sites for hydroxylation is 1. The van der Waals surface area contributed by atoms with Crippen molar-refractivity contribution in [2.75, 3.05) is 5.32 Å². The Kier molecular flexibility index (Phi) is 3.84. The summed E-state index contributed by atoms with van der Waals surface area (Å²) in [6.45, 7) is 1.95. The largest absolute Gasteiger partial charge is 0.368 e. The monoisotopic (exact) mass is 281 g/mol. The second-order valence-electron chi connectivity index (χ2n) is 3.80. The minimum Gasteiger partial charge on any atom is -0.368 e. The minimum atomic E-state index is -0.663. The van der Waals surface area contributed by atoms with Gasteiger partial charge in [-0.2, -0.15) is 0 Å². The first-order valence-corrected chi connectivity index (χ1v) is 6.50. The van der Waals surface area contributed by atoms with Gasteiger partial charge < -0.3 is 11.1 Å². The number of halogens is 1. The molecule has 0 aliphatic rings. The first-order chi connectivity index (χ1) is 8.58. The molecule has 1 aromatic carbocycles. The average molecular weight is 282 g/mol. The third-order valence-corrected chi connectivity index (χ3v) is 3.65. The fourth-order valence-electron chi connectivity index (χ4n) is 1.55. The molecule has 0 radical (unpaired) electrons. The maximum Gasteiger partial charge on any atom is 0.247 e. The van der Waals surface area contributed by atoms with Crippen LogP contribution in [-0.2, 0) is 4.79 Å². The van der Waals surface area contributed by atoms with E-state index in [-0.39, 0.29) is 0 Å². The number of anilines is 1. The summed E-state index contributed by atoms with van der Waals surface area (Å²) < 4.78 is 0.530. The number of rotatable bonds is 4. The topological polar surface area (TPSA) is 68.0 Å². The van der Waals surface area contributed by atoms with Gasteiger partial charge >= 0.3 is 0 Å². The van der Waals surface area contributed by atoms with E-state index in [0.717, 1.165) is 11.3 Å². The number of hydrogen-bond acceptors (Lipinski definition) is 4. The second-order valence-corrected chi connectivity index (χ2v) is 5.49. The third-order valence-electron chi connectivity index (χ3n) is 2.47. The quantitative estimate of drug-likeness (QED) is 0.905. The number of nitrogens with zero attached hydrogens (tertiary/aromatic N) is 1. The van der Waals surface area contributed by atoms with E-state index in [4.69, 9.17) is 17.3 Å². The van der Waals surface area contributed by atoms with Crippen LogP contribution in [0.15, 0.2) is 30.5 Å². The van der Waals surface area contributed by atoms with Crippen molar-refractivity contribution in [3.8, 4) is 0 Å². The molecule has 1 heterocycles. The highest BCUT2D eigenvalue weighted by Gasteiger charge is 2.21. The van der Waals surface area contributed by atoms with Crippen molar-refractivity contribution in [2.24, 2.45) is 5.73 Å². The fourth-order valence-corrected chi connectivity index (χ4v) is 2.53. The van der Waals surface area contributed by atoms with Crippen LogP contribution in [-0.4, -0.2) is 10.9 Å². The van der Waals surface area contributed by atoms with E-state index in [1.165, 1.54) is 17.5 Å². The van der Waals surface area contributed by atoms with Crippen LogP contribution >= 0.6 is 22.9 Å². The van der Waals surface area contributed by atoms with E-state index in [9.17, 15) is 4.79 Å². The van der Waals surface area contributed by atoms with Crippen molar-refractivity contribution in [3.63, 3.8) is 0 Å². The number of carbonyl (C=O) groups is 1. The van der Waals surface area contributed by atoms with Gasteiger partial charge in [-0.3, -0.25) is 4.79 Å². The summed E-state index contributed by atoms with van der Waals surface area (Å²) in [5.41, 5.74) is 7.29. The molecule has 1 aromatic heterocycles. The van der Waals surface area contributed by atoms with E-state index in [2.05, 4.69) is 10.3 Å². The first kappa shape index (κ1) is 12.9. The van der Waals surface area contributed by atoms with Gasteiger partial charge in [0.25, 0.3) is 0 Å². The van der Waals surface area contributed by atoms with Crippen LogP contribution in [0.2, 0.25) is 4.34 Å². The second kappa shape index (κ2) is 5.37. The van der Waals surface area contributed by atoms with Crippen molar-refractivity contribution < 1.29 is 4.79 Å². The maximum atomic E-state index is 11.5. The van der Waals surface area contributed by atoms with Gasteiger partial charge in [-0.25, -0.2) is 4.98 Å². The number of primary amides is 1. The SMILES string of the molecule is Cc1ccccc1NC(C(N)=O)c1ncc(Cl)s1. The zero-order chi connectivity index (χ0) is 13.1. The predicted molar refractivity (Wildman–Crippen MR) is 73.9 cm³/mol. The zero-order valence-corrected chi connectivity index (χ0v) is 11.3. The van der Waals surface area contributed by atoms with Crippen molar-refractivity contribution in [3.05, 3.63) is 45.4 Å². The molecule has 0 fully saturated rings. The summed E-state index contributed by atoms with van der Waals surface area (Å²) in [7, 11) is 0. The molecule has 3 N–H and O–H groups in total. The van der Waals surface area contributed by atoms with Crippen LogP contribution in [0.4, 0.5) is 5.69 Å². The van der Waals surface area contributed by atoms with Crippen LogP contribution in [0.1, 0.15) is 16.6 Å². The Morgan fingerprint density at radius 2 is 2.22 bits per heavy atom. The maximum absolute atomic E-state index is 11.5. The van der Waals surface area contributed by atoms with E-state index in [1.807, 2.05) is 31.2 Å². The van der Waals surface area contributed by atoms with Crippen LogP contribution in [0.5, 0.6) is 0 Å². The van der Waals surface area contributed by atoms with Crippen molar-refractivity contribution >= 4 is 34.5 Å². The molecule has 0 aliphatic heterocycles. The van der Waals surface area contributed by atoms with Crippen molar-refractivity contribution in [1.29, 1.82) is 0 Å². The van der Waals surface area contributed by atoms with Gasteiger partial charge in [0.2, 0.25) is 5.91 Å². The zero-order valence-electron chi connectivity index (χ0n) is 9.68. The van der Waals surface area contributed by atoms with Crippen molar-refractivity contribution in [2.45, 2.75) is 13.0 Å². The number of thiazole rings is 1. The summed E-state index contributed by atoms with van der Waals surface area (Å²) in [6.07, 6.45) is 1.51. The minimum absolute atomic E-state index is 0.482. The van der Waals surface area contributed by atoms with Gasteiger partial charge in [0, 0.05) is 5.69 Å². The number of nitrogens with two attached hydrogens (primary N) is 1. The van der Waals surface area contributed by atoms with Gasteiger partial charge in [0.15, 0.2) is 6.04 Å². The summed E-state index contributed by atoms with van der Waals surface area (Å²) in [4.78, 5) is 15.6. The third kappa shape index (κ3) is 2.80. The Labute approximate surface area is 114 Å². The van der Waals surface area contributed by atoms with Crippen LogP contribution < -0.4 is 11.1 Å². The first-order valence-electron chi connectivity index (χ1n) is 5.30. The van der Waals surface area contributed by atoms with Gasteiger partial charge in [-0.1, -0.05) is 29.8 Å². The molecule has 4 nitrogen and oxygen atoms in total. The molecule has 6 heteroatoms. The molecule has 1 atom stereocenters. The van der Waals surface area contributed by atoms with E-state index < -0.39 is 11.9 Å². The van der Waals surface area contributed by atoms with Gasteiger partial charge in [0.05, 0.1) is 6.20 Å². The molecular formula is C12H12ClN3OS. The number of para-hydroxylation sites is 1. The number of aromatic nitrogens is 1. The van der Waals surface area contributed by atoms with E-state index >= 15 is 0 Å². The number of amides is 1. The normalized spacial score (nSPS) is 12.1. The van der Waals surface area contributed by atoms with Gasteiger partial charge in [-0.15, -0.1) is 11.3 Å². The lowest BCUT2D eigenvalue weighted by molar-refractivity contribution is -0.118. The Morgan fingerprint density at radius 3 is 2.78 bits per heavy atom. The van der Waals surface area contributed by atoms with Gasteiger partial charge in [0.1, 0.15) is 9.34 Å². The highest BCUT2D eigenvalue weighted by molar-refractivity contribution is 7.16. The number of carbonyl (C=O) groups excluding carboxylic acids is 1. The van der Waals surface area contributed by atoms with E-state index in [0.29, 0.717) is 9.34 Å². The summed E-state index contributed by atoms with van der Waals surface area (Å²) in [5, 5.41) is 3.66. The highest BCUT2D eigenvalue weighted by Crippen LogP contribution is 2.27. The molecule has 0 spiro atoms.